The van der Waals surface area contributed by atoms with Crippen LogP contribution in [0, 0.1) is 0 Å². The molecule has 2 aliphatic rings. The molecule has 3 rings (SSSR count). The highest BCUT2D eigenvalue weighted by molar-refractivity contribution is 7.99. The molecule has 190 valence electrons. The summed E-state index contributed by atoms with van der Waals surface area (Å²) in [6, 6.07) is 4.50. The van der Waals surface area contributed by atoms with Gasteiger partial charge in [-0.1, -0.05) is 12.1 Å². The van der Waals surface area contributed by atoms with Crippen LogP contribution < -0.4 is 10.6 Å². The lowest BCUT2D eigenvalue weighted by molar-refractivity contribution is -0.211. The Bertz CT molecular complexity index is 836. The Morgan fingerprint density at radius 3 is 2.62 bits per heavy atom. The Hall–Kier alpha value is -1.93. The summed E-state index contributed by atoms with van der Waals surface area (Å²) in [5.74, 6) is -1.09. The molecule has 2 fully saturated rings. The number of para-hydroxylation sites is 1. The summed E-state index contributed by atoms with van der Waals surface area (Å²) in [5, 5.41) is 57.0. The monoisotopic (exact) mass is 500 g/mol. The fourth-order valence-corrected chi connectivity index (χ4v) is 4.96. The van der Waals surface area contributed by atoms with Crippen LogP contribution in [0.4, 0.5) is 0 Å². The van der Waals surface area contributed by atoms with E-state index >= 15 is 0 Å². The number of aromatic hydroxyl groups is 1. The Labute approximate surface area is 201 Å². The van der Waals surface area contributed by atoms with Crippen molar-refractivity contribution in [1.29, 1.82) is 0 Å². The lowest BCUT2D eigenvalue weighted by Crippen LogP contribution is -2.65. The quantitative estimate of drug-likeness (QED) is 0.158. The maximum Gasteiger partial charge on any atom is 0.341 e. The van der Waals surface area contributed by atoms with Crippen LogP contribution in [0.25, 0.3) is 0 Å². The zero-order valence-corrected chi connectivity index (χ0v) is 19.6. The van der Waals surface area contributed by atoms with E-state index in [1.165, 1.54) is 19.1 Å². The van der Waals surface area contributed by atoms with E-state index in [2.05, 4.69) is 10.6 Å². The number of phenols is 1. The first-order valence-electron chi connectivity index (χ1n) is 11.2. The fraction of sp³-hybridized carbons (Fsp3) is 0.636. The van der Waals surface area contributed by atoms with Crippen molar-refractivity contribution in [1.82, 2.24) is 10.6 Å². The van der Waals surface area contributed by atoms with Crippen molar-refractivity contribution in [3.8, 4) is 5.75 Å². The van der Waals surface area contributed by atoms with Crippen LogP contribution in [0.3, 0.4) is 0 Å². The first-order chi connectivity index (χ1) is 16.2. The molecule has 8 atom stereocenters. The minimum atomic E-state index is -1.58. The van der Waals surface area contributed by atoms with Crippen LogP contribution in [0.5, 0.6) is 5.75 Å². The zero-order chi connectivity index (χ0) is 24.8. The molecule has 0 spiro atoms. The molecule has 2 aliphatic heterocycles. The zero-order valence-electron chi connectivity index (χ0n) is 18.7. The highest BCUT2D eigenvalue weighted by Crippen LogP contribution is 2.31. The van der Waals surface area contributed by atoms with Gasteiger partial charge in [0, 0.05) is 5.75 Å². The Balaban J connectivity index is 1.57. The van der Waals surface area contributed by atoms with Gasteiger partial charge in [-0.2, -0.15) is 0 Å². The molecule has 11 nitrogen and oxygen atoms in total. The van der Waals surface area contributed by atoms with Crippen molar-refractivity contribution in [3.05, 3.63) is 29.8 Å². The molecule has 2 saturated heterocycles. The molecule has 12 heteroatoms. The maximum atomic E-state index is 12.5. The van der Waals surface area contributed by atoms with Gasteiger partial charge in [-0.25, -0.2) is 4.79 Å². The second-order valence-electron chi connectivity index (χ2n) is 8.39. The van der Waals surface area contributed by atoms with Gasteiger partial charge in [0.05, 0.1) is 18.2 Å². The normalized spacial score (nSPS) is 31.0. The number of phenolic OH excluding ortho intramolecular Hbond substituents is 1. The van der Waals surface area contributed by atoms with Gasteiger partial charge in [-0.3, -0.25) is 4.79 Å². The number of ether oxygens (including phenoxy) is 2. The Morgan fingerprint density at radius 1 is 1.24 bits per heavy atom. The van der Waals surface area contributed by atoms with Gasteiger partial charge in [0.15, 0.2) is 0 Å². The van der Waals surface area contributed by atoms with Gasteiger partial charge >= 0.3 is 5.97 Å². The fourth-order valence-electron chi connectivity index (χ4n) is 3.98. The predicted molar refractivity (Wildman–Crippen MR) is 122 cm³/mol. The summed E-state index contributed by atoms with van der Waals surface area (Å²) in [4.78, 5) is 24.6. The molecule has 1 aromatic carbocycles. The van der Waals surface area contributed by atoms with Gasteiger partial charge in [0.1, 0.15) is 47.8 Å². The maximum absolute atomic E-state index is 12.5. The summed E-state index contributed by atoms with van der Waals surface area (Å²) >= 11 is 1.04. The molecule has 0 saturated carbocycles. The van der Waals surface area contributed by atoms with Crippen molar-refractivity contribution in [3.63, 3.8) is 0 Å². The van der Waals surface area contributed by atoms with Crippen LogP contribution in [0.15, 0.2) is 24.3 Å². The average Bonchev–Trinajstić information content (AvgIpc) is 3.35. The van der Waals surface area contributed by atoms with E-state index in [0.29, 0.717) is 13.0 Å². The number of thioether (sulfide) groups is 1. The van der Waals surface area contributed by atoms with Crippen molar-refractivity contribution in [2.24, 2.45) is 0 Å². The van der Waals surface area contributed by atoms with Crippen molar-refractivity contribution in [2.45, 2.75) is 67.8 Å². The number of benzene rings is 1. The average molecular weight is 501 g/mol. The molecule has 0 aliphatic carbocycles. The third-order valence-corrected chi connectivity index (χ3v) is 7.01. The highest BCUT2D eigenvalue weighted by atomic mass is 32.2. The molecule has 34 heavy (non-hydrogen) atoms. The molecular weight excluding hydrogens is 468 g/mol. The number of esters is 1. The number of carbonyl (C=O) groups is 2. The van der Waals surface area contributed by atoms with Crippen LogP contribution >= 0.6 is 11.8 Å². The van der Waals surface area contributed by atoms with E-state index in [-0.39, 0.29) is 29.6 Å². The smallest absolute Gasteiger partial charge is 0.341 e. The van der Waals surface area contributed by atoms with E-state index < -0.39 is 54.0 Å². The number of hydrogen-bond donors (Lipinski definition) is 7. The van der Waals surface area contributed by atoms with E-state index in [4.69, 9.17) is 9.47 Å². The first kappa shape index (κ1) is 26.7. The van der Waals surface area contributed by atoms with Crippen LogP contribution in [-0.2, 0) is 14.3 Å². The van der Waals surface area contributed by atoms with E-state index in [1.54, 1.807) is 12.1 Å². The molecule has 0 bridgehead atoms. The standard InChI is InChI=1S/C22H32N2O9S/c1-11(25)15(24-20(30)13-6-4-8-23-13)19-17(28)16(27)18(29)22(33-19)34-10-9-32-21(31)12-5-2-3-7-14(12)26/h2-3,5,7,11,13,15-19,22-23,25-29H,4,6,8-10H2,1H3,(H,24,30)/t11-,13-,15-,16-,17+,18+,19+,22+/m0/s1. The van der Waals surface area contributed by atoms with Gasteiger partial charge < -0.3 is 45.6 Å². The van der Waals surface area contributed by atoms with Gasteiger partial charge in [0.25, 0.3) is 0 Å². The molecule has 1 aromatic rings. The van der Waals surface area contributed by atoms with Crippen molar-refractivity contribution in [2.75, 3.05) is 18.9 Å². The summed E-state index contributed by atoms with van der Waals surface area (Å²) in [6.45, 7) is 2.07. The molecule has 2 heterocycles. The first-order valence-corrected chi connectivity index (χ1v) is 12.2. The lowest BCUT2D eigenvalue weighted by Gasteiger charge is -2.44. The number of rotatable bonds is 9. The summed E-state index contributed by atoms with van der Waals surface area (Å²) < 4.78 is 10.9. The van der Waals surface area contributed by atoms with Gasteiger partial charge in [-0.15, -0.1) is 11.8 Å². The second-order valence-corrected chi connectivity index (χ2v) is 9.59. The highest BCUT2D eigenvalue weighted by Gasteiger charge is 2.48. The van der Waals surface area contributed by atoms with E-state index in [1.807, 2.05) is 0 Å². The number of carbonyl (C=O) groups excluding carboxylic acids is 2. The number of aliphatic hydroxyl groups is 4. The third-order valence-electron chi connectivity index (χ3n) is 5.89. The Morgan fingerprint density at radius 2 is 1.97 bits per heavy atom. The van der Waals surface area contributed by atoms with E-state index in [9.17, 15) is 35.1 Å². The van der Waals surface area contributed by atoms with E-state index in [0.717, 1.165) is 18.2 Å². The van der Waals surface area contributed by atoms with Crippen molar-refractivity contribution < 1.29 is 44.6 Å². The van der Waals surface area contributed by atoms with Gasteiger partial charge in [-0.05, 0) is 38.4 Å². The number of aliphatic hydroxyl groups excluding tert-OH is 4. The van der Waals surface area contributed by atoms with Crippen molar-refractivity contribution >= 4 is 23.6 Å². The second kappa shape index (κ2) is 12.2. The van der Waals surface area contributed by atoms with Crippen LogP contribution in [0.1, 0.15) is 30.1 Å². The van der Waals surface area contributed by atoms with Crippen LogP contribution in [-0.4, -0.2) is 104 Å². The summed E-state index contributed by atoms with van der Waals surface area (Å²) in [6.07, 6.45) is -5.40. The molecular formula is C22H32N2O9S. The number of hydrogen-bond acceptors (Lipinski definition) is 11. The number of nitrogens with one attached hydrogen (secondary N) is 2. The molecule has 1 amide bonds. The minimum Gasteiger partial charge on any atom is -0.507 e. The Kier molecular flexibility index (Phi) is 9.54. The SMILES string of the molecule is C[C@H](O)[C@H](NC(=O)[C@@H]1CCCN1)[C@H]1O[C@H](SCCOC(=O)c2ccccc2O)[C@H](O)[C@@H](O)[C@H]1O. The number of amides is 1. The summed E-state index contributed by atoms with van der Waals surface area (Å²) in [7, 11) is 0. The minimum absolute atomic E-state index is 0.0207. The molecule has 0 radical (unpaired) electrons. The largest absolute Gasteiger partial charge is 0.507 e. The topological polar surface area (TPSA) is 178 Å². The predicted octanol–water partition coefficient (Wildman–Crippen LogP) is -1.29. The lowest BCUT2D eigenvalue weighted by atomic mass is 9.92. The third kappa shape index (κ3) is 6.39. The molecule has 0 unspecified atom stereocenters. The summed E-state index contributed by atoms with van der Waals surface area (Å²) in [5.41, 5.74) is -0.998. The molecule has 7 N–H and O–H groups in total. The van der Waals surface area contributed by atoms with Gasteiger partial charge in [0.2, 0.25) is 5.91 Å². The van der Waals surface area contributed by atoms with Crippen LogP contribution in [0.2, 0.25) is 0 Å². The molecule has 0 aromatic heterocycles.